The Balaban J connectivity index is 0.978. The maximum absolute atomic E-state index is 2.43. The third kappa shape index (κ3) is 6.77. The smallest absolute Gasteiger partial charge is 0.0540 e. The monoisotopic (exact) mass is 847 g/mol. The molecule has 1 aromatic heterocycles. The third-order valence-corrected chi connectivity index (χ3v) is 14.6. The summed E-state index contributed by atoms with van der Waals surface area (Å²) in [7, 11) is 0. The lowest BCUT2D eigenvalue weighted by atomic mass is 9.78. The van der Waals surface area contributed by atoms with Crippen LogP contribution in [0.25, 0.3) is 86.9 Å². The molecule has 0 N–H and O–H groups in total. The lowest BCUT2D eigenvalue weighted by Gasteiger charge is -2.28. The summed E-state index contributed by atoms with van der Waals surface area (Å²) in [5.41, 5.74) is 20.7. The summed E-state index contributed by atoms with van der Waals surface area (Å²) in [6.45, 7) is 4.78. The van der Waals surface area contributed by atoms with E-state index in [9.17, 15) is 0 Å². The van der Waals surface area contributed by atoms with Crippen LogP contribution >= 0.6 is 11.3 Å². The van der Waals surface area contributed by atoms with Gasteiger partial charge >= 0.3 is 0 Å². The van der Waals surface area contributed by atoms with Gasteiger partial charge in [-0.1, -0.05) is 190 Å². The van der Waals surface area contributed by atoms with E-state index in [1.807, 2.05) is 11.3 Å². The van der Waals surface area contributed by atoms with Crippen molar-refractivity contribution in [1.82, 2.24) is 0 Å². The molecule has 1 heterocycles. The normalized spacial score (nSPS) is 12.6. The molecule has 0 spiro atoms. The first-order valence-electron chi connectivity index (χ1n) is 22.5. The molecule has 0 atom stereocenters. The summed E-state index contributed by atoms with van der Waals surface area (Å²) in [6.07, 6.45) is 0. The number of anilines is 3. The predicted molar refractivity (Wildman–Crippen MR) is 279 cm³/mol. The van der Waals surface area contributed by atoms with Crippen molar-refractivity contribution < 1.29 is 0 Å². The summed E-state index contributed by atoms with van der Waals surface area (Å²) in [4.78, 5) is 2.43. The van der Waals surface area contributed by atoms with Gasteiger partial charge in [0.15, 0.2) is 0 Å². The SMILES string of the molecule is CC1(C)c2ccc(-c3ccc(N(c4cccc(-c5ccccc5)c4)c4ccccc4-c4ccc5c(c4)sc4ccccc45)cc3)cc2-c2cc(-c3ccccc3)cc(-c3ccccc3)c21. The second-order valence-corrected chi connectivity index (χ2v) is 18.8. The quantitative estimate of drug-likeness (QED) is 0.147. The first-order chi connectivity index (χ1) is 32.0. The predicted octanol–water partition coefficient (Wildman–Crippen LogP) is 18.2. The number of hydrogen-bond donors (Lipinski definition) is 0. The molecule has 308 valence electrons. The average molecular weight is 848 g/mol. The zero-order valence-electron chi connectivity index (χ0n) is 36.4. The second-order valence-electron chi connectivity index (χ2n) is 17.7. The summed E-state index contributed by atoms with van der Waals surface area (Å²) >= 11 is 1.87. The second kappa shape index (κ2) is 15.8. The van der Waals surface area contributed by atoms with Crippen molar-refractivity contribution in [2.45, 2.75) is 19.3 Å². The number of hydrogen-bond acceptors (Lipinski definition) is 2. The molecule has 0 radical (unpaired) electrons. The Morgan fingerprint density at radius 1 is 0.323 bits per heavy atom. The topological polar surface area (TPSA) is 3.24 Å². The van der Waals surface area contributed by atoms with Crippen LogP contribution in [0.15, 0.2) is 237 Å². The molecule has 11 aromatic rings. The molecule has 1 aliphatic rings. The van der Waals surface area contributed by atoms with Gasteiger partial charge in [-0.15, -0.1) is 11.3 Å². The maximum atomic E-state index is 2.43. The van der Waals surface area contributed by atoms with Crippen LogP contribution in [0.2, 0.25) is 0 Å². The fourth-order valence-corrected chi connectivity index (χ4v) is 11.4. The minimum atomic E-state index is -0.170. The van der Waals surface area contributed by atoms with Crippen LogP contribution in [0.5, 0.6) is 0 Å². The van der Waals surface area contributed by atoms with Gasteiger partial charge in [0.05, 0.1) is 5.69 Å². The van der Waals surface area contributed by atoms with Gasteiger partial charge in [0.25, 0.3) is 0 Å². The Morgan fingerprint density at radius 2 is 0.877 bits per heavy atom. The third-order valence-electron chi connectivity index (χ3n) is 13.4. The van der Waals surface area contributed by atoms with E-state index in [0.717, 1.165) is 17.1 Å². The van der Waals surface area contributed by atoms with Crippen molar-refractivity contribution in [3.8, 4) is 66.8 Å². The van der Waals surface area contributed by atoms with E-state index >= 15 is 0 Å². The van der Waals surface area contributed by atoms with Gasteiger partial charge in [0.2, 0.25) is 0 Å². The molecule has 1 aliphatic carbocycles. The highest BCUT2D eigenvalue weighted by molar-refractivity contribution is 7.25. The molecule has 2 heteroatoms. The lowest BCUT2D eigenvalue weighted by molar-refractivity contribution is 0.662. The van der Waals surface area contributed by atoms with Gasteiger partial charge in [0, 0.05) is 42.5 Å². The summed E-state index contributed by atoms with van der Waals surface area (Å²) < 4.78 is 2.62. The van der Waals surface area contributed by atoms with Crippen molar-refractivity contribution in [1.29, 1.82) is 0 Å². The summed E-state index contributed by atoms with van der Waals surface area (Å²) in [5.74, 6) is 0. The Bertz CT molecular complexity index is 3550. The molecule has 0 amide bonds. The number of fused-ring (bicyclic) bond motifs is 6. The van der Waals surface area contributed by atoms with Crippen molar-refractivity contribution in [2.24, 2.45) is 0 Å². The van der Waals surface area contributed by atoms with Crippen LogP contribution in [0.1, 0.15) is 25.0 Å². The molecular weight excluding hydrogens is 803 g/mol. The number of para-hydroxylation sites is 1. The van der Waals surface area contributed by atoms with E-state index in [4.69, 9.17) is 0 Å². The molecular formula is C63H45NS. The zero-order chi connectivity index (χ0) is 43.5. The molecule has 0 aliphatic heterocycles. The van der Waals surface area contributed by atoms with Crippen LogP contribution in [0.3, 0.4) is 0 Å². The fraction of sp³-hybridized carbons (Fsp3) is 0.0476. The first-order valence-corrected chi connectivity index (χ1v) is 23.3. The van der Waals surface area contributed by atoms with Gasteiger partial charge in [-0.05, 0) is 133 Å². The standard InChI is InChI=1S/C63H45NS/c1-63(2)58-36-32-47(38-56(58)57-40-49(43-19-8-4-9-20-43)39-55(62(57)63)45-21-10-5-11-22-45)44-29-33-50(34-30-44)64(51-24-16-23-46(37-51)42-17-6-3-7-18-42)59-27-14-12-25-52(59)48-31-35-54-53-26-13-15-28-60(53)65-61(54)41-48/h3-41H,1-2H3. The number of thiophene rings is 1. The van der Waals surface area contributed by atoms with Crippen LogP contribution in [-0.2, 0) is 5.41 Å². The average Bonchev–Trinajstić information content (AvgIpc) is 3.86. The highest BCUT2D eigenvalue weighted by Gasteiger charge is 2.38. The molecule has 0 saturated carbocycles. The van der Waals surface area contributed by atoms with Crippen molar-refractivity contribution >= 4 is 48.6 Å². The molecule has 65 heavy (non-hydrogen) atoms. The number of benzene rings is 10. The highest BCUT2D eigenvalue weighted by atomic mass is 32.1. The molecule has 0 saturated heterocycles. The van der Waals surface area contributed by atoms with E-state index in [1.54, 1.807) is 0 Å². The van der Waals surface area contributed by atoms with Gasteiger partial charge in [0.1, 0.15) is 0 Å². The highest BCUT2D eigenvalue weighted by Crippen LogP contribution is 2.54. The van der Waals surface area contributed by atoms with Gasteiger partial charge in [-0.2, -0.15) is 0 Å². The van der Waals surface area contributed by atoms with Crippen LogP contribution < -0.4 is 4.90 Å². The van der Waals surface area contributed by atoms with E-state index in [2.05, 4.69) is 255 Å². The van der Waals surface area contributed by atoms with Crippen LogP contribution in [0.4, 0.5) is 17.1 Å². The van der Waals surface area contributed by atoms with Gasteiger partial charge in [-0.3, -0.25) is 0 Å². The Hall–Kier alpha value is -7.78. The molecule has 1 nitrogen and oxygen atoms in total. The van der Waals surface area contributed by atoms with Crippen molar-refractivity contribution in [3.63, 3.8) is 0 Å². The van der Waals surface area contributed by atoms with Gasteiger partial charge < -0.3 is 4.90 Å². The molecule has 0 fully saturated rings. The number of rotatable bonds is 8. The summed E-state index contributed by atoms with van der Waals surface area (Å²) in [5, 5.41) is 2.62. The zero-order valence-corrected chi connectivity index (χ0v) is 37.2. The minimum Gasteiger partial charge on any atom is -0.310 e. The van der Waals surface area contributed by atoms with Crippen molar-refractivity contribution in [2.75, 3.05) is 4.90 Å². The maximum Gasteiger partial charge on any atom is 0.0540 e. The number of nitrogens with zero attached hydrogens (tertiary/aromatic N) is 1. The Kier molecular flexibility index (Phi) is 9.44. The van der Waals surface area contributed by atoms with Gasteiger partial charge in [-0.25, -0.2) is 0 Å². The van der Waals surface area contributed by atoms with E-state index in [-0.39, 0.29) is 5.41 Å². The van der Waals surface area contributed by atoms with Crippen molar-refractivity contribution in [3.05, 3.63) is 248 Å². The Morgan fingerprint density at radius 3 is 1.65 bits per heavy atom. The fourth-order valence-electron chi connectivity index (χ4n) is 10.3. The first kappa shape index (κ1) is 38.9. The molecule has 10 aromatic carbocycles. The molecule has 0 unspecified atom stereocenters. The van der Waals surface area contributed by atoms with E-state index in [0.29, 0.717) is 0 Å². The minimum absolute atomic E-state index is 0.170. The van der Waals surface area contributed by atoms with E-state index < -0.39 is 0 Å². The summed E-state index contributed by atoms with van der Waals surface area (Å²) in [6, 6.07) is 87.0. The largest absolute Gasteiger partial charge is 0.310 e. The molecule has 12 rings (SSSR count). The lowest BCUT2D eigenvalue weighted by Crippen LogP contribution is -2.16. The molecule has 0 bridgehead atoms. The van der Waals surface area contributed by atoms with Crippen LogP contribution in [-0.4, -0.2) is 0 Å². The van der Waals surface area contributed by atoms with E-state index in [1.165, 1.54) is 98.1 Å². The van der Waals surface area contributed by atoms with Crippen LogP contribution in [0, 0.1) is 0 Å². The Labute approximate surface area is 385 Å².